The van der Waals surface area contributed by atoms with Gasteiger partial charge < -0.3 is 13.7 Å². The maximum atomic E-state index is 2.54. The highest BCUT2D eigenvalue weighted by molar-refractivity contribution is 6.14. The van der Waals surface area contributed by atoms with Gasteiger partial charge in [-0.2, -0.15) is 0 Å². The molecule has 3 heterocycles. The first-order valence-electron chi connectivity index (χ1n) is 25.8. The van der Waals surface area contributed by atoms with Crippen molar-refractivity contribution in [1.29, 1.82) is 0 Å². The summed E-state index contributed by atoms with van der Waals surface area (Å²) in [5.41, 5.74) is 22.1. The van der Waals surface area contributed by atoms with Crippen molar-refractivity contribution in [3.8, 4) is 72.7 Å². The third-order valence-electron chi connectivity index (χ3n) is 15.5. The first-order chi connectivity index (χ1) is 37.2. The van der Waals surface area contributed by atoms with E-state index in [0.717, 1.165) is 39.2 Å². The van der Waals surface area contributed by atoms with Gasteiger partial charge in [-0.1, -0.05) is 218 Å². The van der Waals surface area contributed by atoms with Crippen LogP contribution in [0.25, 0.3) is 138 Å². The Labute approximate surface area is 434 Å². The van der Waals surface area contributed by atoms with Gasteiger partial charge in [-0.15, -0.1) is 0 Å². The number of hydrogen-bond donors (Lipinski definition) is 0. The van der Waals surface area contributed by atoms with Gasteiger partial charge in [-0.05, 0) is 111 Å². The van der Waals surface area contributed by atoms with E-state index >= 15 is 0 Å². The number of para-hydroxylation sites is 5. The van der Waals surface area contributed by atoms with Crippen molar-refractivity contribution in [1.82, 2.24) is 13.7 Å². The highest BCUT2D eigenvalue weighted by Gasteiger charge is 2.23. The molecule has 0 N–H and O–H groups in total. The average molecular weight is 954 g/mol. The fourth-order valence-electron chi connectivity index (χ4n) is 12.2. The van der Waals surface area contributed by atoms with Crippen molar-refractivity contribution in [2.24, 2.45) is 0 Å². The SMILES string of the molecule is c1ccc(-c2ccccc2-c2ccc3c(c2)c2cc(-c4ccccc4-c4ccccc4)ccc2n3-c2cc(-n3c4ccccc4c4ccccc43)ccc2-c2ccccc2-n2c3ccccc3c3ccccc32)cc1. The minimum atomic E-state index is 1.09. The summed E-state index contributed by atoms with van der Waals surface area (Å²) in [5, 5.41) is 7.32. The molecule has 12 aromatic carbocycles. The van der Waals surface area contributed by atoms with E-state index < -0.39 is 0 Å². The average Bonchev–Trinajstić information content (AvgIpc) is 4.13. The van der Waals surface area contributed by atoms with Crippen LogP contribution in [0.15, 0.2) is 285 Å². The Morgan fingerprint density at radius 1 is 0.173 bits per heavy atom. The van der Waals surface area contributed by atoms with Gasteiger partial charge >= 0.3 is 0 Å². The van der Waals surface area contributed by atoms with Crippen molar-refractivity contribution in [2.45, 2.75) is 0 Å². The number of rotatable bonds is 8. The summed E-state index contributed by atoms with van der Waals surface area (Å²) >= 11 is 0. The summed E-state index contributed by atoms with van der Waals surface area (Å²) in [6.07, 6.45) is 0. The molecule has 0 aliphatic rings. The lowest BCUT2D eigenvalue weighted by atomic mass is 9.92. The van der Waals surface area contributed by atoms with Gasteiger partial charge in [0.2, 0.25) is 0 Å². The Kier molecular flexibility index (Phi) is 9.89. The zero-order chi connectivity index (χ0) is 49.4. The maximum Gasteiger partial charge on any atom is 0.0562 e. The lowest BCUT2D eigenvalue weighted by Gasteiger charge is -2.20. The second kappa shape index (κ2) is 17.4. The van der Waals surface area contributed by atoms with E-state index in [1.165, 1.54) is 98.9 Å². The molecule has 75 heavy (non-hydrogen) atoms. The molecule has 15 aromatic rings. The fraction of sp³-hybridized carbons (Fsp3) is 0. The number of nitrogens with zero attached hydrogens (tertiary/aromatic N) is 3. The van der Waals surface area contributed by atoms with Crippen molar-refractivity contribution < 1.29 is 0 Å². The first kappa shape index (κ1) is 42.7. The van der Waals surface area contributed by atoms with Gasteiger partial charge in [0.05, 0.1) is 44.5 Å². The van der Waals surface area contributed by atoms with Gasteiger partial charge in [0.15, 0.2) is 0 Å². The van der Waals surface area contributed by atoms with Gasteiger partial charge in [0.25, 0.3) is 0 Å². The minimum Gasteiger partial charge on any atom is -0.309 e. The topological polar surface area (TPSA) is 14.8 Å². The number of fused-ring (bicyclic) bond motifs is 9. The van der Waals surface area contributed by atoms with Gasteiger partial charge in [-0.3, -0.25) is 0 Å². The second-order valence-electron chi connectivity index (χ2n) is 19.6. The summed E-state index contributed by atoms with van der Waals surface area (Å²) in [6, 6.07) is 105. The van der Waals surface area contributed by atoms with Crippen LogP contribution in [0.3, 0.4) is 0 Å². The predicted octanol–water partition coefficient (Wildman–Crippen LogP) is 19.3. The molecule has 0 fully saturated rings. The highest BCUT2D eigenvalue weighted by Crippen LogP contribution is 2.45. The molecule has 0 amide bonds. The Morgan fingerprint density at radius 2 is 0.507 bits per heavy atom. The molecule has 0 spiro atoms. The van der Waals surface area contributed by atoms with Crippen LogP contribution in [0, 0.1) is 0 Å². The minimum absolute atomic E-state index is 1.09. The van der Waals surface area contributed by atoms with Crippen molar-refractivity contribution >= 4 is 65.4 Å². The van der Waals surface area contributed by atoms with Crippen LogP contribution >= 0.6 is 0 Å². The molecule has 0 unspecified atom stereocenters. The molecular weight excluding hydrogens is 907 g/mol. The predicted molar refractivity (Wildman–Crippen MR) is 317 cm³/mol. The summed E-state index contributed by atoms with van der Waals surface area (Å²) < 4.78 is 7.45. The van der Waals surface area contributed by atoms with Crippen LogP contribution in [-0.2, 0) is 0 Å². The summed E-state index contributed by atoms with van der Waals surface area (Å²) in [5.74, 6) is 0. The zero-order valence-electron chi connectivity index (χ0n) is 41.0. The Bertz CT molecular complexity index is 4460. The van der Waals surface area contributed by atoms with Crippen LogP contribution in [0.4, 0.5) is 0 Å². The van der Waals surface area contributed by atoms with E-state index in [1.54, 1.807) is 0 Å². The Morgan fingerprint density at radius 3 is 0.973 bits per heavy atom. The van der Waals surface area contributed by atoms with Gasteiger partial charge in [0.1, 0.15) is 0 Å². The van der Waals surface area contributed by atoms with Crippen molar-refractivity contribution in [3.63, 3.8) is 0 Å². The van der Waals surface area contributed by atoms with Crippen LogP contribution < -0.4 is 0 Å². The molecule has 0 aliphatic heterocycles. The van der Waals surface area contributed by atoms with Crippen molar-refractivity contribution in [2.75, 3.05) is 0 Å². The quantitative estimate of drug-likeness (QED) is 0.144. The third kappa shape index (κ3) is 6.83. The highest BCUT2D eigenvalue weighted by atomic mass is 15.0. The molecule has 3 heteroatoms. The fourth-order valence-corrected chi connectivity index (χ4v) is 12.2. The Hall–Kier alpha value is -9.96. The molecule has 3 nitrogen and oxygen atoms in total. The lowest BCUT2D eigenvalue weighted by molar-refractivity contribution is 1.13. The molecule has 0 atom stereocenters. The van der Waals surface area contributed by atoms with Gasteiger partial charge in [-0.25, -0.2) is 0 Å². The number of benzene rings is 12. The molecule has 0 saturated carbocycles. The van der Waals surface area contributed by atoms with E-state index in [0.29, 0.717) is 0 Å². The van der Waals surface area contributed by atoms with E-state index in [-0.39, 0.29) is 0 Å². The monoisotopic (exact) mass is 953 g/mol. The molecule has 0 saturated heterocycles. The molecule has 0 aliphatic carbocycles. The molecular formula is C72H47N3. The molecule has 0 bridgehead atoms. The standard InChI is InChI=1S/C72H47N3/c1-3-21-48(22-4-1)53-25-7-9-27-55(53)50-39-43-70-63(45-50)64-46-51(56-28-10-8-26-54(56)49-23-5-2-6-24-49)40-44-71(64)75(70)72-47-52(73-65-34-16-11-29-57(65)58-30-12-17-35-66(58)73)41-42-62(72)61-33-15-20-38-69(61)74-67-36-18-13-31-59(67)60-32-14-19-37-68(60)74/h1-47H. The zero-order valence-corrected chi connectivity index (χ0v) is 41.0. The largest absolute Gasteiger partial charge is 0.309 e. The summed E-state index contributed by atoms with van der Waals surface area (Å²) in [7, 11) is 0. The van der Waals surface area contributed by atoms with Gasteiger partial charge in [0, 0.05) is 49.1 Å². The second-order valence-corrected chi connectivity index (χ2v) is 19.6. The summed E-state index contributed by atoms with van der Waals surface area (Å²) in [6.45, 7) is 0. The smallest absolute Gasteiger partial charge is 0.0562 e. The van der Waals surface area contributed by atoms with Crippen LogP contribution in [-0.4, -0.2) is 13.7 Å². The lowest BCUT2D eigenvalue weighted by Crippen LogP contribution is -2.03. The van der Waals surface area contributed by atoms with E-state index in [4.69, 9.17) is 0 Å². The van der Waals surface area contributed by atoms with E-state index in [9.17, 15) is 0 Å². The first-order valence-corrected chi connectivity index (χ1v) is 25.8. The molecule has 3 aromatic heterocycles. The van der Waals surface area contributed by atoms with Crippen LogP contribution in [0.5, 0.6) is 0 Å². The van der Waals surface area contributed by atoms with Crippen LogP contribution in [0.1, 0.15) is 0 Å². The van der Waals surface area contributed by atoms with E-state index in [1.807, 2.05) is 0 Å². The van der Waals surface area contributed by atoms with E-state index in [2.05, 4.69) is 299 Å². The summed E-state index contributed by atoms with van der Waals surface area (Å²) in [4.78, 5) is 0. The van der Waals surface area contributed by atoms with Crippen molar-refractivity contribution in [3.05, 3.63) is 285 Å². The van der Waals surface area contributed by atoms with Crippen LogP contribution in [0.2, 0.25) is 0 Å². The third-order valence-corrected chi connectivity index (χ3v) is 15.5. The number of aromatic nitrogens is 3. The molecule has 0 radical (unpaired) electrons. The number of hydrogen-bond acceptors (Lipinski definition) is 0. The molecule has 15 rings (SSSR count). The maximum absolute atomic E-state index is 2.54. The molecule has 350 valence electrons. The normalized spacial score (nSPS) is 11.7. The Balaban J connectivity index is 1.05.